The second-order valence-corrected chi connectivity index (χ2v) is 25.7. The molecule has 19 nitrogen and oxygen atoms in total. The Bertz CT molecular complexity index is 1820. The molecule has 3 aliphatic heterocycles. The Hall–Kier alpha value is -2.25. The van der Waals surface area contributed by atoms with Crippen LogP contribution in [0.5, 0.6) is 0 Å². The lowest BCUT2D eigenvalue weighted by atomic mass is 9.96. The molecule has 3 aliphatic rings. The summed E-state index contributed by atoms with van der Waals surface area (Å²) >= 11 is 0. The largest absolute Gasteiger partial charge is 0.394 e. The summed E-state index contributed by atoms with van der Waals surface area (Å²) in [5.74, 6) is -0.291. The first-order chi connectivity index (χ1) is 43.8. The van der Waals surface area contributed by atoms with Gasteiger partial charge >= 0.3 is 0 Å². The van der Waals surface area contributed by atoms with Crippen molar-refractivity contribution in [2.45, 2.75) is 369 Å². The first kappa shape index (κ1) is 82.0. The van der Waals surface area contributed by atoms with E-state index in [1.807, 2.05) is 6.08 Å². The SMILES string of the molecule is CCCCCCCC/C=C\CCCCCCCCCCCC(=O)NC(COC1OC(CO)C(OC2OC(CO)C(OC3OC(CO)C(O)C(O)C3O)C(O)C2O)C(O)C1O)C(O)/C=C/CC/C=C/CC/C=C/CCCCCCCCCCCCCCCCCC. The van der Waals surface area contributed by atoms with E-state index in [4.69, 9.17) is 28.4 Å². The van der Waals surface area contributed by atoms with Crippen molar-refractivity contribution in [3.05, 3.63) is 48.6 Å². The predicted molar refractivity (Wildman–Crippen MR) is 351 cm³/mol. The maximum Gasteiger partial charge on any atom is 0.220 e. The number of carbonyl (C=O) groups is 1. The van der Waals surface area contributed by atoms with Gasteiger partial charge in [0, 0.05) is 6.42 Å². The van der Waals surface area contributed by atoms with Gasteiger partial charge in [-0.2, -0.15) is 0 Å². The minimum Gasteiger partial charge on any atom is -0.394 e. The van der Waals surface area contributed by atoms with Gasteiger partial charge in [0.25, 0.3) is 0 Å². The standard InChI is InChI=1S/C71H129NO18/c1-3-5-7-9-11-13-15-17-19-21-23-24-25-26-27-28-29-31-32-34-36-38-40-42-44-46-48-55(76)54(72-59(77)49-47-45-43-41-39-37-35-33-30-22-20-18-16-14-12-10-8-6-4-2)53-85-69-65(83)62(80)67(57(51-74)87-69)90-71-66(84)63(81)68(58(52-75)88-71)89-70-64(82)61(79)60(78)56(50-73)86-70/h18,20,31-32,38,40,46,48,54-58,60-71,73-76,78-84H,3-17,19,21-30,33-37,39,41-45,47,49-53H2,1-2H3,(H,72,77)/b20-18-,32-31+,40-38+,48-46+. The smallest absolute Gasteiger partial charge is 0.220 e. The minimum absolute atomic E-state index is 0.229. The van der Waals surface area contributed by atoms with E-state index in [9.17, 15) is 61.0 Å². The number of hydrogen-bond acceptors (Lipinski definition) is 18. The molecule has 0 aliphatic carbocycles. The number of allylic oxidation sites excluding steroid dienone is 7. The van der Waals surface area contributed by atoms with E-state index < -0.39 is 124 Å². The number of ether oxygens (including phenoxy) is 6. The van der Waals surface area contributed by atoms with Gasteiger partial charge in [-0.15, -0.1) is 0 Å². The highest BCUT2D eigenvalue weighted by Gasteiger charge is 2.53. The minimum atomic E-state index is -1.98. The Balaban J connectivity index is 1.45. The summed E-state index contributed by atoms with van der Waals surface area (Å²) in [6, 6.07) is -0.999. The zero-order valence-corrected chi connectivity index (χ0v) is 55.6. The first-order valence-corrected chi connectivity index (χ1v) is 35.9. The van der Waals surface area contributed by atoms with Gasteiger partial charge in [-0.3, -0.25) is 4.79 Å². The van der Waals surface area contributed by atoms with E-state index in [2.05, 4.69) is 55.6 Å². The van der Waals surface area contributed by atoms with Gasteiger partial charge < -0.3 is 89.9 Å². The Morgan fingerprint density at radius 2 is 0.711 bits per heavy atom. The third kappa shape index (κ3) is 34.4. The highest BCUT2D eigenvalue weighted by Crippen LogP contribution is 2.33. The maximum atomic E-state index is 13.4. The fourth-order valence-electron chi connectivity index (χ4n) is 12.0. The van der Waals surface area contributed by atoms with Gasteiger partial charge in [0.05, 0.1) is 38.6 Å². The molecule has 0 bridgehead atoms. The fraction of sp³-hybridized carbons (Fsp3) is 0.873. The summed E-state index contributed by atoms with van der Waals surface area (Å²) in [4.78, 5) is 13.4. The maximum absolute atomic E-state index is 13.4. The van der Waals surface area contributed by atoms with Gasteiger partial charge in [0.15, 0.2) is 18.9 Å². The van der Waals surface area contributed by atoms with Crippen LogP contribution in [0, 0.1) is 0 Å². The van der Waals surface area contributed by atoms with Crippen LogP contribution in [0.1, 0.15) is 264 Å². The molecule has 3 fully saturated rings. The van der Waals surface area contributed by atoms with Crippen LogP contribution in [-0.4, -0.2) is 193 Å². The molecular weight excluding hydrogens is 1150 g/mol. The van der Waals surface area contributed by atoms with Crippen molar-refractivity contribution < 1.29 is 89.4 Å². The molecule has 17 atom stereocenters. The summed E-state index contributed by atoms with van der Waals surface area (Å²) < 4.78 is 34.3. The van der Waals surface area contributed by atoms with Gasteiger partial charge in [0.1, 0.15) is 73.2 Å². The number of unbranched alkanes of at least 4 members (excludes halogenated alkanes) is 33. The van der Waals surface area contributed by atoms with Crippen LogP contribution in [0.25, 0.3) is 0 Å². The normalized spacial score (nSPS) is 28.3. The van der Waals surface area contributed by atoms with Gasteiger partial charge in [0.2, 0.25) is 5.91 Å². The summed E-state index contributed by atoms with van der Waals surface area (Å²) in [5.41, 5.74) is 0. The van der Waals surface area contributed by atoms with Crippen LogP contribution in [0.15, 0.2) is 48.6 Å². The lowest BCUT2D eigenvalue weighted by Crippen LogP contribution is -2.66. The van der Waals surface area contributed by atoms with Crippen LogP contribution in [0.2, 0.25) is 0 Å². The van der Waals surface area contributed by atoms with E-state index in [-0.39, 0.29) is 18.9 Å². The molecule has 526 valence electrons. The molecule has 1 amide bonds. The Labute approximate surface area is 542 Å². The summed E-state index contributed by atoms with van der Waals surface area (Å²) in [7, 11) is 0. The molecule has 0 saturated carbocycles. The van der Waals surface area contributed by atoms with Gasteiger partial charge in [-0.05, 0) is 70.6 Å². The molecular formula is C71H129NO18. The van der Waals surface area contributed by atoms with Crippen LogP contribution >= 0.6 is 0 Å². The van der Waals surface area contributed by atoms with E-state index in [0.717, 1.165) is 57.8 Å². The average Bonchev–Trinajstić information content (AvgIpc) is 0.846. The average molecular weight is 1280 g/mol. The van der Waals surface area contributed by atoms with Crippen LogP contribution in [-0.2, 0) is 33.2 Å². The molecule has 3 rings (SSSR count). The molecule has 0 radical (unpaired) electrons. The lowest BCUT2D eigenvalue weighted by Gasteiger charge is -2.48. The molecule has 3 heterocycles. The second-order valence-electron chi connectivity index (χ2n) is 25.7. The number of nitrogens with one attached hydrogen (secondary N) is 1. The van der Waals surface area contributed by atoms with Crippen molar-refractivity contribution in [3.63, 3.8) is 0 Å². The number of aliphatic hydroxyl groups is 11. The quantitative estimate of drug-likeness (QED) is 0.0199. The van der Waals surface area contributed by atoms with Crippen molar-refractivity contribution in [2.75, 3.05) is 26.4 Å². The van der Waals surface area contributed by atoms with Crippen molar-refractivity contribution in [1.29, 1.82) is 0 Å². The number of aliphatic hydroxyl groups excluding tert-OH is 11. The molecule has 0 aromatic carbocycles. The van der Waals surface area contributed by atoms with Crippen LogP contribution in [0.4, 0.5) is 0 Å². The van der Waals surface area contributed by atoms with E-state index >= 15 is 0 Å². The Morgan fingerprint density at radius 3 is 1.11 bits per heavy atom. The lowest BCUT2D eigenvalue weighted by molar-refractivity contribution is -0.379. The predicted octanol–water partition coefficient (Wildman–Crippen LogP) is 9.78. The molecule has 0 aromatic heterocycles. The van der Waals surface area contributed by atoms with Crippen molar-refractivity contribution >= 4 is 5.91 Å². The second kappa shape index (κ2) is 53.0. The van der Waals surface area contributed by atoms with Crippen molar-refractivity contribution in [3.8, 4) is 0 Å². The third-order valence-corrected chi connectivity index (χ3v) is 17.8. The number of amides is 1. The zero-order valence-electron chi connectivity index (χ0n) is 55.6. The molecule has 90 heavy (non-hydrogen) atoms. The summed E-state index contributed by atoms with van der Waals surface area (Å²) in [6.45, 7) is 1.72. The number of rotatable bonds is 55. The van der Waals surface area contributed by atoms with E-state index in [1.54, 1.807) is 6.08 Å². The number of hydrogen-bond donors (Lipinski definition) is 12. The fourth-order valence-corrected chi connectivity index (χ4v) is 12.0. The number of carbonyl (C=O) groups excluding carboxylic acids is 1. The molecule has 0 aromatic rings. The summed E-state index contributed by atoms with van der Waals surface area (Å²) in [5, 5.41) is 121. The highest BCUT2D eigenvalue weighted by atomic mass is 16.8. The van der Waals surface area contributed by atoms with Gasteiger partial charge in [-0.1, -0.05) is 236 Å². The first-order valence-electron chi connectivity index (χ1n) is 35.9. The third-order valence-electron chi connectivity index (χ3n) is 17.8. The molecule has 3 saturated heterocycles. The Kier molecular flexibility index (Phi) is 48.2. The molecule has 12 N–H and O–H groups in total. The van der Waals surface area contributed by atoms with Crippen molar-refractivity contribution in [2.24, 2.45) is 0 Å². The van der Waals surface area contributed by atoms with E-state index in [0.29, 0.717) is 12.8 Å². The van der Waals surface area contributed by atoms with E-state index in [1.165, 1.54) is 173 Å². The summed E-state index contributed by atoms with van der Waals surface area (Å²) in [6.07, 6.45) is 36.6. The zero-order chi connectivity index (χ0) is 65.4. The monoisotopic (exact) mass is 1280 g/mol. The van der Waals surface area contributed by atoms with Crippen LogP contribution < -0.4 is 5.32 Å². The van der Waals surface area contributed by atoms with Gasteiger partial charge in [-0.25, -0.2) is 0 Å². The topological polar surface area (TPSA) is 307 Å². The molecule has 0 spiro atoms. The molecule has 19 heteroatoms. The molecule has 17 unspecified atom stereocenters. The highest BCUT2D eigenvalue weighted by molar-refractivity contribution is 5.76. The van der Waals surface area contributed by atoms with Crippen molar-refractivity contribution in [1.82, 2.24) is 5.32 Å². The Morgan fingerprint density at radius 1 is 0.389 bits per heavy atom. The van der Waals surface area contributed by atoms with Crippen LogP contribution in [0.3, 0.4) is 0 Å².